The van der Waals surface area contributed by atoms with E-state index in [4.69, 9.17) is 4.42 Å². The van der Waals surface area contributed by atoms with Gasteiger partial charge >= 0.3 is 0 Å². The summed E-state index contributed by atoms with van der Waals surface area (Å²) in [7, 11) is 0. The number of carbonyl (C=O) groups is 2. The summed E-state index contributed by atoms with van der Waals surface area (Å²) >= 11 is 0. The van der Waals surface area contributed by atoms with Crippen molar-refractivity contribution in [2.45, 2.75) is 6.17 Å². The maximum absolute atomic E-state index is 11.5. The van der Waals surface area contributed by atoms with E-state index in [-0.39, 0.29) is 11.5 Å². The van der Waals surface area contributed by atoms with Crippen molar-refractivity contribution in [3.8, 4) is 0 Å². The summed E-state index contributed by atoms with van der Waals surface area (Å²) in [6.07, 6.45) is 4.90. The molecule has 1 amide bonds. The number of rotatable bonds is 2. The summed E-state index contributed by atoms with van der Waals surface area (Å²) in [6, 6.07) is 3.11. The van der Waals surface area contributed by atoms with Crippen LogP contribution in [0, 0.1) is 0 Å². The minimum Gasteiger partial charge on any atom is -0.459 e. The number of dihydropyridines is 1. The zero-order valence-electron chi connectivity index (χ0n) is 7.71. The van der Waals surface area contributed by atoms with Gasteiger partial charge in [0, 0.05) is 6.21 Å². The molecular formula is C10H8N2O3. The van der Waals surface area contributed by atoms with Gasteiger partial charge in [-0.15, -0.1) is 0 Å². The highest BCUT2D eigenvalue weighted by Gasteiger charge is 2.20. The number of nitrogens with zero attached hydrogens (tertiary/aromatic N) is 1. The molecule has 1 atom stereocenters. The van der Waals surface area contributed by atoms with Crippen molar-refractivity contribution in [2.75, 3.05) is 0 Å². The van der Waals surface area contributed by atoms with Crippen molar-refractivity contribution < 1.29 is 14.0 Å². The van der Waals surface area contributed by atoms with E-state index in [1.54, 1.807) is 6.07 Å². The molecule has 2 heterocycles. The Morgan fingerprint density at radius 2 is 2.40 bits per heavy atom. The fraction of sp³-hybridized carbons (Fsp3) is 0.100. The predicted molar refractivity (Wildman–Crippen MR) is 52.6 cm³/mol. The lowest BCUT2D eigenvalue weighted by Crippen LogP contribution is -2.39. The Labute approximate surface area is 85.5 Å². The summed E-state index contributed by atoms with van der Waals surface area (Å²) in [5.41, 5.74) is 0. The molecule has 5 heteroatoms. The van der Waals surface area contributed by atoms with Gasteiger partial charge in [-0.3, -0.25) is 14.6 Å². The summed E-state index contributed by atoms with van der Waals surface area (Å²) in [4.78, 5) is 26.5. The first kappa shape index (κ1) is 9.39. The maximum Gasteiger partial charge on any atom is 0.288 e. The summed E-state index contributed by atoms with van der Waals surface area (Å²) < 4.78 is 4.88. The van der Waals surface area contributed by atoms with Crippen molar-refractivity contribution in [3.63, 3.8) is 0 Å². The van der Waals surface area contributed by atoms with Crippen LogP contribution in [0.25, 0.3) is 0 Å². The molecular weight excluding hydrogens is 196 g/mol. The molecule has 1 unspecified atom stereocenters. The van der Waals surface area contributed by atoms with Crippen LogP contribution in [-0.2, 0) is 4.79 Å². The normalized spacial score (nSPS) is 19.2. The monoisotopic (exact) mass is 204 g/mol. The van der Waals surface area contributed by atoms with Crippen LogP contribution in [0.1, 0.15) is 10.6 Å². The average molecular weight is 204 g/mol. The minimum atomic E-state index is -0.840. The fourth-order valence-electron chi connectivity index (χ4n) is 1.15. The third-order valence-corrected chi connectivity index (χ3v) is 1.86. The van der Waals surface area contributed by atoms with E-state index < -0.39 is 12.1 Å². The summed E-state index contributed by atoms with van der Waals surface area (Å²) in [5, 5.41) is 2.44. The third kappa shape index (κ3) is 2.01. The van der Waals surface area contributed by atoms with Crippen LogP contribution in [0.3, 0.4) is 0 Å². The van der Waals surface area contributed by atoms with Crippen LogP contribution in [-0.4, -0.2) is 24.1 Å². The molecule has 0 radical (unpaired) electrons. The molecule has 0 saturated carbocycles. The van der Waals surface area contributed by atoms with Crippen molar-refractivity contribution in [3.05, 3.63) is 36.3 Å². The van der Waals surface area contributed by atoms with E-state index in [1.165, 1.54) is 30.7 Å². The second-order valence-corrected chi connectivity index (χ2v) is 2.91. The Kier molecular flexibility index (Phi) is 2.45. The van der Waals surface area contributed by atoms with Crippen LogP contribution < -0.4 is 5.32 Å². The second-order valence-electron chi connectivity index (χ2n) is 2.91. The molecule has 15 heavy (non-hydrogen) atoms. The smallest absolute Gasteiger partial charge is 0.288 e. The van der Waals surface area contributed by atoms with Crippen LogP contribution in [0.5, 0.6) is 0 Å². The minimum absolute atomic E-state index is 0.160. The molecule has 0 bridgehead atoms. The van der Waals surface area contributed by atoms with E-state index in [0.717, 1.165) is 0 Å². The van der Waals surface area contributed by atoms with E-state index in [0.29, 0.717) is 0 Å². The lowest BCUT2D eigenvalue weighted by molar-refractivity contribution is -0.116. The molecule has 0 fully saturated rings. The lowest BCUT2D eigenvalue weighted by Gasteiger charge is -2.11. The van der Waals surface area contributed by atoms with Gasteiger partial charge in [0.05, 0.1) is 6.26 Å². The van der Waals surface area contributed by atoms with Crippen LogP contribution >= 0.6 is 0 Å². The highest BCUT2D eigenvalue weighted by atomic mass is 16.3. The van der Waals surface area contributed by atoms with Gasteiger partial charge < -0.3 is 9.73 Å². The molecule has 1 aliphatic rings. The molecule has 76 valence electrons. The first-order valence-electron chi connectivity index (χ1n) is 4.35. The number of ketones is 1. The first-order chi connectivity index (χ1) is 7.27. The van der Waals surface area contributed by atoms with E-state index >= 15 is 0 Å². The number of hydrogen-bond donors (Lipinski definition) is 1. The zero-order valence-corrected chi connectivity index (χ0v) is 7.71. The maximum atomic E-state index is 11.5. The largest absolute Gasteiger partial charge is 0.459 e. The van der Waals surface area contributed by atoms with Gasteiger partial charge in [-0.05, 0) is 24.3 Å². The quantitative estimate of drug-likeness (QED) is 0.764. The van der Waals surface area contributed by atoms with E-state index in [2.05, 4.69) is 10.3 Å². The molecule has 1 N–H and O–H groups in total. The molecule has 1 aromatic rings. The van der Waals surface area contributed by atoms with Gasteiger partial charge in [0.25, 0.3) is 5.91 Å². The molecule has 0 spiro atoms. The number of nitrogens with one attached hydrogen (secondary N) is 1. The first-order valence-corrected chi connectivity index (χ1v) is 4.35. The number of allylic oxidation sites excluding steroid dienone is 1. The van der Waals surface area contributed by atoms with E-state index in [9.17, 15) is 9.59 Å². The highest BCUT2D eigenvalue weighted by molar-refractivity contribution is 6.03. The molecule has 0 aliphatic carbocycles. The molecule has 1 aromatic heterocycles. The number of furan rings is 1. The standard InChI is InChI=1S/C10H8N2O3/c13-7-3-1-5-11-9(7)12-10(14)8-4-2-6-15-8/h1-6,9H,(H,12,14). The number of aliphatic imine (C=N–C) groups is 1. The van der Waals surface area contributed by atoms with E-state index in [1.807, 2.05) is 0 Å². The lowest BCUT2D eigenvalue weighted by atomic mass is 10.2. The Bertz CT molecular complexity index is 432. The Balaban J connectivity index is 2.04. The molecule has 2 rings (SSSR count). The number of carbonyl (C=O) groups excluding carboxylic acids is 2. The van der Waals surface area contributed by atoms with Crippen LogP contribution in [0.4, 0.5) is 0 Å². The summed E-state index contributed by atoms with van der Waals surface area (Å²) in [5.74, 6) is -0.546. The SMILES string of the molecule is O=C(NC1N=CC=CC1=O)c1ccco1. The van der Waals surface area contributed by atoms with Crippen molar-refractivity contribution in [1.82, 2.24) is 5.32 Å². The number of hydrogen-bond acceptors (Lipinski definition) is 4. The van der Waals surface area contributed by atoms with Crippen molar-refractivity contribution in [2.24, 2.45) is 4.99 Å². The third-order valence-electron chi connectivity index (χ3n) is 1.86. The Hall–Kier alpha value is -2.17. The Morgan fingerprint density at radius 3 is 3.07 bits per heavy atom. The number of amides is 1. The van der Waals surface area contributed by atoms with Crippen LogP contribution in [0.15, 0.2) is 40.0 Å². The van der Waals surface area contributed by atoms with Crippen molar-refractivity contribution >= 4 is 17.9 Å². The van der Waals surface area contributed by atoms with Crippen molar-refractivity contribution in [1.29, 1.82) is 0 Å². The average Bonchev–Trinajstić information content (AvgIpc) is 2.74. The second kappa shape index (κ2) is 3.91. The molecule has 0 saturated heterocycles. The van der Waals surface area contributed by atoms with Gasteiger partial charge in [0.15, 0.2) is 17.7 Å². The molecule has 0 aromatic carbocycles. The summed E-state index contributed by atoms with van der Waals surface area (Å²) in [6.45, 7) is 0. The predicted octanol–water partition coefficient (Wildman–Crippen LogP) is 0.545. The van der Waals surface area contributed by atoms with Gasteiger partial charge in [0.1, 0.15) is 0 Å². The topological polar surface area (TPSA) is 71.7 Å². The molecule has 1 aliphatic heterocycles. The fourth-order valence-corrected chi connectivity index (χ4v) is 1.15. The highest BCUT2D eigenvalue weighted by Crippen LogP contribution is 2.02. The Morgan fingerprint density at radius 1 is 1.53 bits per heavy atom. The van der Waals surface area contributed by atoms with Crippen LogP contribution in [0.2, 0.25) is 0 Å². The van der Waals surface area contributed by atoms with Gasteiger partial charge in [-0.1, -0.05) is 0 Å². The van der Waals surface area contributed by atoms with Gasteiger partial charge in [-0.2, -0.15) is 0 Å². The van der Waals surface area contributed by atoms with Gasteiger partial charge in [0.2, 0.25) is 0 Å². The van der Waals surface area contributed by atoms with Gasteiger partial charge in [-0.25, -0.2) is 0 Å². The zero-order chi connectivity index (χ0) is 10.7. The molecule has 5 nitrogen and oxygen atoms in total.